The van der Waals surface area contributed by atoms with Gasteiger partial charge in [0.2, 0.25) is 0 Å². The third-order valence-electron chi connectivity index (χ3n) is 2.50. The number of carbonyl (C=O) groups is 1. The summed E-state index contributed by atoms with van der Waals surface area (Å²) in [7, 11) is 0. The van der Waals surface area contributed by atoms with Gasteiger partial charge < -0.3 is 10.4 Å². The number of alkyl halides is 1. The van der Waals surface area contributed by atoms with Crippen molar-refractivity contribution in [2.24, 2.45) is 5.41 Å². The van der Waals surface area contributed by atoms with Crippen LogP contribution in [-0.4, -0.2) is 30.8 Å². The lowest BCUT2D eigenvalue weighted by atomic mass is 9.78. The Balaban J connectivity index is 2.63. The fraction of sp³-hybridized carbons (Fsp3) is 0.875. The van der Waals surface area contributed by atoms with Gasteiger partial charge in [-0.2, -0.15) is 0 Å². The Morgan fingerprint density at radius 2 is 2.42 bits per heavy atom. The Labute approximate surface area is 71.0 Å². The summed E-state index contributed by atoms with van der Waals surface area (Å²) in [6.07, 6.45) is 1.56. The second kappa shape index (κ2) is 3.85. The fourth-order valence-electron chi connectivity index (χ4n) is 1.65. The third-order valence-corrected chi connectivity index (χ3v) is 2.50. The first-order valence-corrected chi connectivity index (χ1v) is 4.21. The van der Waals surface area contributed by atoms with Crippen LogP contribution >= 0.6 is 0 Å². The van der Waals surface area contributed by atoms with E-state index >= 15 is 0 Å². The van der Waals surface area contributed by atoms with Crippen LogP contribution in [0.5, 0.6) is 0 Å². The molecule has 1 rings (SSSR count). The van der Waals surface area contributed by atoms with Gasteiger partial charge in [-0.1, -0.05) is 0 Å². The summed E-state index contributed by atoms with van der Waals surface area (Å²) in [5, 5.41) is 11.9. The minimum Gasteiger partial charge on any atom is -0.481 e. The highest BCUT2D eigenvalue weighted by molar-refractivity contribution is 5.75. The van der Waals surface area contributed by atoms with Crippen LogP contribution in [-0.2, 0) is 4.79 Å². The number of hydrogen-bond donors (Lipinski definition) is 2. The molecule has 0 saturated carbocycles. The predicted octanol–water partition coefficient (Wildman–Crippen LogP) is 0.800. The molecule has 3 nitrogen and oxygen atoms in total. The standard InChI is InChI=1S/C8H14FNO2/c9-4-3-8(7(11)12)2-1-5-10-6-8/h10H,1-6H2,(H,11,12). The number of carboxylic acids is 1. The molecule has 0 aliphatic carbocycles. The molecule has 0 amide bonds. The maximum absolute atomic E-state index is 12.1. The van der Waals surface area contributed by atoms with E-state index in [2.05, 4.69) is 5.32 Å². The van der Waals surface area contributed by atoms with E-state index < -0.39 is 18.1 Å². The normalized spacial score (nSPS) is 30.1. The SMILES string of the molecule is O=C(O)C1(CCF)CCCNC1. The van der Waals surface area contributed by atoms with E-state index in [0.29, 0.717) is 13.0 Å². The van der Waals surface area contributed by atoms with E-state index in [4.69, 9.17) is 5.11 Å². The average Bonchev–Trinajstić information content (AvgIpc) is 2.06. The van der Waals surface area contributed by atoms with Gasteiger partial charge in [0.1, 0.15) is 0 Å². The molecule has 1 aliphatic heterocycles. The molecule has 1 atom stereocenters. The molecule has 70 valence electrons. The van der Waals surface area contributed by atoms with Gasteiger partial charge in [0.15, 0.2) is 0 Å². The zero-order chi connectivity index (χ0) is 9.03. The summed E-state index contributed by atoms with van der Waals surface area (Å²) >= 11 is 0. The largest absolute Gasteiger partial charge is 0.481 e. The molecule has 1 saturated heterocycles. The molecule has 0 aromatic carbocycles. The number of carboxylic acid groups (broad SMARTS) is 1. The van der Waals surface area contributed by atoms with Gasteiger partial charge in [-0.25, -0.2) is 0 Å². The Hall–Kier alpha value is -0.640. The molecule has 0 spiro atoms. The quantitative estimate of drug-likeness (QED) is 0.667. The van der Waals surface area contributed by atoms with Crippen molar-refractivity contribution in [3.8, 4) is 0 Å². The Morgan fingerprint density at radius 3 is 2.83 bits per heavy atom. The molecular weight excluding hydrogens is 161 g/mol. The van der Waals surface area contributed by atoms with Crippen molar-refractivity contribution in [3.05, 3.63) is 0 Å². The first-order valence-electron chi connectivity index (χ1n) is 4.21. The second-order valence-electron chi connectivity index (χ2n) is 3.30. The van der Waals surface area contributed by atoms with Gasteiger partial charge in [-0.15, -0.1) is 0 Å². The summed E-state index contributed by atoms with van der Waals surface area (Å²) in [5.41, 5.74) is -0.840. The van der Waals surface area contributed by atoms with E-state index in [1.807, 2.05) is 0 Å². The molecule has 0 bridgehead atoms. The van der Waals surface area contributed by atoms with Gasteiger partial charge in [0, 0.05) is 6.54 Å². The minimum atomic E-state index is -0.868. The molecule has 1 unspecified atom stereocenters. The zero-order valence-electron chi connectivity index (χ0n) is 6.98. The number of nitrogens with one attached hydrogen (secondary N) is 1. The van der Waals surface area contributed by atoms with Crippen LogP contribution in [0, 0.1) is 5.41 Å². The maximum Gasteiger partial charge on any atom is 0.311 e. The van der Waals surface area contributed by atoms with Crippen LogP contribution in [0.3, 0.4) is 0 Å². The first kappa shape index (κ1) is 9.45. The molecule has 1 aliphatic rings. The van der Waals surface area contributed by atoms with Gasteiger partial charge >= 0.3 is 5.97 Å². The molecule has 1 fully saturated rings. The summed E-state index contributed by atoms with van der Waals surface area (Å²) in [4.78, 5) is 10.9. The smallest absolute Gasteiger partial charge is 0.311 e. The maximum atomic E-state index is 12.1. The molecular formula is C8H14FNO2. The van der Waals surface area contributed by atoms with Crippen molar-refractivity contribution < 1.29 is 14.3 Å². The highest BCUT2D eigenvalue weighted by atomic mass is 19.1. The lowest BCUT2D eigenvalue weighted by Gasteiger charge is -2.32. The van der Waals surface area contributed by atoms with Crippen LogP contribution < -0.4 is 5.32 Å². The van der Waals surface area contributed by atoms with E-state index in [9.17, 15) is 9.18 Å². The van der Waals surface area contributed by atoms with E-state index in [1.54, 1.807) is 0 Å². The summed E-state index contributed by atoms with van der Waals surface area (Å²) in [6, 6.07) is 0. The van der Waals surface area contributed by atoms with Crippen LogP contribution in [0.25, 0.3) is 0 Å². The van der Waals surface area contributed by atoms with E-state index in [-0.39, 0.29) is 6.42 Å². The molecule has 12 heavy (non-hydrogen) atoms. The Morgan fingerprint density at radius 1 is 1.67 bits per heavy atom. The zero-order valence-corrected chi connectivity index (χ0v) is 6.98. The molecule has 2 N–H and O–H groups in total. The number of hydrogen-bond acceptors (Lipinski definition) is 2. The van der Waals surface area contributed by atoms with Gasteiger partial charge in [-0.3, -0.25) is 9.18 Å². The van der Waals surface area contributed by atoms with Crippen LogP contribution in [0.4, 0.5) is 4.39 Å². The monoisotopic (exact) mass is 175 g/mol. The van der Waals surface area contributed by atoms with Crippen molar-refractivity contribution in [2.75, 3.05) is 19.8 Å². The molecule has 0 aromatic rings. The summed E-state index contributed by atoms with van der Waals surface area (Å²) in [6.45, 7) is 0.710. The summed E-state index contributed by atoms with van der Waals surface area (Å²) < 4.78 is 12.1. The number of aliphatic carboxylic acids is 1. The predicted molar refractivity (Wildman–Crippen MR) is 42.8 cm³/mol. The van der Waals surface area contributed by atoms with Crippen molar-refractivity contribution in [1.29, 1.82) is 0 Å². The number of halogens is 1. The van der Waals surface area contributed by atoms with Crippen molar-refractivity contribution in [3.63, 3.8) is 0 Å². The number of piperidine rings is 1. The minimum absolute atomic E-state index is 0.134. The fourth-order valence-corrected chi connectivity index (χ4v) is 1.65. The highest BCUT2D eigenvalue weighted by Crippen LogP contribution is 2.30. The average molecular weight is 175 g/mol. The Bertz CT molecular complexity index is 161. The summed E-state index contributed by atoms with van der Waals surface area (Å²) in [5.74, 6) is -0.868. The van der Waals surface area contributed by atoms with Crippen molar-refractivity contribution >= 4 is 5.97 Å². The molecule has 0 radical (unpaired) electrons. The van der Waals surface area contributed by atoms with E-state index in [0.717, 1.165) is 13.0 Å². The molecule has 4 heteroatoms. The highest BCUT2D eigenvalue weighted by Gasteiger charge is 2.39. The van der Waals surface area contributed by atoms with Gasteiger partial charge in [0.25, 0.3) is 0 Å². The molecule has 0 aromatic heterocycles. The van der Waals surface area contributed by atoms with Crippen LogP contribution in [0.15, 0.2) is 0 Å². The molecule has 1 heterocycles. The van der Waals surface area contributed by atoms with E-state index in [1.165, 1.54) is 0 Å². The van der Waals surface area contributed by atoms with Gasteiger partial charge in [0.05, 0.1) is 12.1 Å². The third kappa shape index (κ3) is 1.75. The topological polar surface area (TPSA) is 49.3 Å². The lowest BCUT2D eigenvalue weighted by molar-refractivity contribution is -0.150. The first-order chi connectivity index (χ1) is 5.71. The van der Waals surface area contributed by atoms with Crippen LogP contribution in [0.1, 0.15) is 19.3 Å². The van der Waals surface area contributed by atoms with Crippen LogP contribution in [0.2, 0.25) is 0 Å². The lowest BCUT2D eigenvalue weighted by Crippen LogP contribution is -2.45. The van der Waals surface area contributed by atoms with Crippen molar-refractivity contribution in [2.45, 2.75) is 19.3 Å². The second-order valence-corrected chi connectivity index (χ2v) is 3.30. The number of rotatable bonds is 3. The Kier molecular flexibility index (Phi) is 3.03. The van der Waals surface area contributed by atoms with Crippen molar-refractivity contribution in [1.82, 2.24) is 5.32 Å². The van der Waals surface area contributed by atoms with Gasteiger partial charge in [-0.05, 0) is 25.8 Å².